The lowest BCUT2D eigenvalue weighted by Gasteiger charge is -2.34. The van der Waals surface area contributed by atoms with Gasteiger partial charge in [0.15, 0.2) is 5.75 Å². The highest BCUT2D eigenvalue weighted by Crippen LogP contribution is 2.50. The molecule has 1 N–H and O–H groups in total. The van der Waals surface area contributed by atoms with E-state index in [2.05, 4.69) is 29.2 Å². The highest BCUT2D eigenvalue weighted by atomic mass is 16.6. The van der Waals surface area contributed by atoms with Gasteiger partial charge in [0.1, 0.15) is 24.5 Å². The van der Waals surface area contributed by atoms with Crippen molar-refractivity contribution in [2.24, 2.45) is 0 Å². The van der Waals surface area contributed by atoms with Crippen molar-refractivity contribution >= 4 is 5.97 Å². The normalized spacial score (nSPS) is 19.7. The maximum absolute atomic E-state index is 13.6. The van der Waals surface area contributed by atoms with Crippen LogP contribution in [-0.4, -0.2) is 53.6 Å². The number of fused-ring (bicyclic) bond motifs is 3. The standard InChI is InChI=1S/C33H32N2O6/c1-39-18-17-34-20-26(27(23-13-7-3-8-14-23)24-15-9-4-10-16-24)35-19-25(33(37)38)29(36)30(28(35)31-32(34)41-31)40-21-22-11-5-2-6-12-22/h2-16,19,26-27,31-32H,17-18,20-21H2,1H3,(H,37,38)/t26-,31?,32?/m1/s1. The van der Waals surface area contributed by atoms with Crippen molar-refractivity contribution in [3.05, 3.63) is 135 Å². The molecule has 6 rings (SSSR count). The summed E-state index contributed by atoms with van der Waals surface area (Å²) in [5.41, 5.74) is 2.64. The van der Waals surface area contributed by atoms with Gasteiger partial charge in [0, 0.05) is 32.3 Å². The first-order valence-electron chi connectivity index (χ1n) is 13.7. The molecular formula is C33H32N2O6. The number of hydrogen-bond acceptors (Lipinski definition) is 6. The van der Waals surface area contributed by atoms with Gasteiger partial charge in [-0.25, -0.2) is 4.79 Å². The molecule has 2 aliphatic heterocycles. The highest BCUT2D eigenvalue weighted by Gasteiger charge is 2.53. The van der Waals surface area contributed by atoms with Crippen molar-refractivity contribution in [3.8, 4) is 5.75 Å². The molecule has 1 aromatic heterocycles. The first-order valence-corrected chi connectivity index (χ1v) is 13.7. The van der Waals surface area contributed by atoms with Crippen LogP contribution < -0.4 is 10.2 Å². The van der Waals surface area contributed by atoms with Gasteiger partial charge in [-0.2, -0.15) is 0 Å². The Morgan fingerprint density at radius 3 is 2.17 bits per heavy atom. The number of ether oxygens (including phenoxy) is 3. The molecule has 3 atom stereocenters. The van der Waals surface area contributed by atoms with Gasteiger partial charge in [-0.15, -0.1) is 0 Å². The van der Waals surface area contributed by atoms with Gasteiger partial charge in [-0.3, -0.25) is 9.69 Å². The summed E-state index contributed by atoms with van der Waals surface area (Å²) in [7, 11) is 1.67. The number of hydrogen-bond donors (Lipinski definition) is 1. The molecule has 2 aliphatic rings. The van der Waals surface area contributed by atoms with E-state index in [0.29, 0.717) is 25.4 Å². The fourth-order valence-electron chi connectivity index (χ4n) is 5.86. The van der Waals surface area contributed by atoms with Gasteiger partial charge >= 0.3 is 5.97 Å². The quantitative estimate of drug-likeness (QED) is 0.281. The molecule has 0 spiro atoms. The molecule has 2 unspecified atom stereocenters. The Morgan fingerprint density at radius 1 is 0.976 bits per heavy atom. The van der Waals surface area contributed by atoms with Crippen LogP contribution in [0.15, 0.2) is 102 Å². The number of carboxylic acids is 1. The second kappa shape index (κ2) is 11.7. The van der Waals surface area contributed by atoms with Crippen LogP contribution in [0.25, 0.3) is 0 Å². The number of aromatic nitrogens is 1. The van der Waals surface area contributed by atoms with Crippen molar-refractivity contribution in [1.29, 1.82) is 0 Å². The lowest BCUT2D eigenvalue weighted by molar-refractivity contribution is 0.0692. The van der Waals surface area contributed by atoms with Crippen molar-refractivity contribution in [2.75, 3.05) is 26.8 Å². The summed E-state index contributed by atoms with van der Waals surface area (Å²) in [6.07, 6.45) is 0.769. The molecule has 41 heavy (non-hydrogen) atoms. The van der Waals surface area contributed by atoms with Crippen LogP contribution in [0.1, 0.15) is 50.8 Å². The lowest BCUT2D eigenvalue weighted by Crippen LogP contribution is -2.37. The van der Waals surface area contributed by atoms with E-state index in [1.54, 1.807) is 7.11 Å². The third kappa shape index (κ3) is 5.41. The third-order valence-corrected chi connectivity index (χ3v) is 7.85. The van der Waals surface area contributed by atoms with E-state index in [1.165, 1.54) is 6.20 Å². The molecule has 0 saturated carbocycles. The molecule has 3 aromatic carbocycles. The van der Waals surface area contributed by atoms with Crippen molar-refractivity contribution in [2.45, 2.75) is 30.9 Å². The van der Waals surface area contributed by atoms with Crippen LogP contribution in [0.5, 0.6) is 5.75 Å². The lowest BCUT2D eigenvalue weighted by atomic mass is 9.84. The Hall–Kier alpha value is -4.24. The minimum atomic E-state index is -1.29. The van der Waals surface area contributed by atoms with Gasteiger partial charge in [0.25, 0.3) is 0 Å². The topological polar surface area (TPSA) is 93.5 Å². The van der Waals surface area contributed by atoms with Crippen LogP contribution >= 0.6 is 0 Å². The first-order chi connectivity index (χ1) is 20.1. The maximum Gasteiger partial charge on any atom is 0.341 e. The van der Waals surface area contributed by atoms with Crippen LogP contribution in [0, 0.1) is 0 Å². The van der Waals surface area contributed by atoms with Gasteiger partial charge < -0.3 is 23.9 Å². The number of rotatable bonds is 10. The third-order valence-electron chi connectivity index (χ3n) is 7.85. The van der Waals surface area contributed by atoms with E-state index >= 15 is 0 Å². The van der Waals surface area contributed by atoms with E-state index < -0.39 is 17.5 Å². The smallest absolute Gasteiger partial charge is 0.341 e. The number of aromatic carboxylic acids is 1. The zero-order chi connectivity index (χ0) is 28.3. The number of methoxy groups -OCH3 is 1. The molecule has 0 bridgehead atoms. The Labute approximate surface area is 238 Å². The summed E-state index contributed by atoms with van der Waals surface area (Å²) in [5, 5.41) is 10.1. The van der Waals surface area contributed by atoms with E-state index in [0.717, 1.165) is 16.7 Å². The number of carbonyl (C=O) groups is 1. The van der Waals surface area contributed by atoms with Gasteiger partial charge in [0.2, 0.25) is 5.43 Å². The van der Waals surface area contributed by atoms with E-state index in [1.807, 2.05) is 71.3 Å². The second-order valence-corrected chi connectivity index (χ2v) is 10.4. The molecule has 210 valence electrons. The molecule has 1 fully saturated rings. The Balaban J connectivity index is 1.55. The minimum absolute atomic E-state index is 0.0275. The summed E-state index contributed by atoms with van der Waals surface area (Å²) in [6.45, 7) is 1.80. The Bertz CT molecular complexity index is 1520. The van der Waals surface area contributed by atoms with E-state index in [4.69, 9.17) is 14.2 Å². The SMILES string of the molecule is COCCN1C[C@H](C(c2ccccc2)c2ccccc2)n2cc(C(=O)O)c(=O)c(OCc3ccccc3)c2C2OC21. The largest absolute Gasteiger partial charge is 0.483 e. The number of pyridine rings is 1. The van der Waals surface area contributed by atoms with Crippen molar-refractivity contribution in [1.82, 2.24) is 9.47 Å². The zero-order valence-corrected chi connectivity index (χ0v) is 22.8. The number of epoxide rings is 1. The Kier molecular flexibility index (Phi) is 7.69. The first kappa shape index (κ1) is 27.0. The van der Waals surface area contributed by atoms with Crippen LogP contribution in [0.2, 0.25) is 0 Å². The number of nitrogens with zero attached hydrogens (tertiary/aromatic N) is 2. The number of carboxylic acid groups (broad SMARTS) is 1. The molecule has 1 saturated heterocycles. The molecule has 0 aliphatic carbocycles. The molecule has 8 heteroatoms. The monoisotopic (exact) mass is 552 g/mol. The van der Waals surface area contributed by atoms with Gasteiger partial charge in [-0.05, 0) is 16.7 Å². The van der Waals surface area contributed by atoms with Gasteiger partial charge in [-0.1, -0.05) is 91.0 Å². The zero-order valence-electron chi connectivity index (χ0n) is 22.8. The second-order valence-electron chi connectivity index (χ2n) is 10.4. The molecule has 0 amide bonds. The molecule has 8 nitrogen and oxygen atoms in total. The van der Waals surface area contributed by atoms with Crippen molar-refractivity contribution < 1.29 is 24.1 Å². The van der Waals surface area contributed by atoms with Gasteiger partial charge in [0.05, 0.1) is 18.3 Å². The van der Waals surface area contributed by atoms with Crippen molar-refractivity contribution in [3.63, 3.8) is 0 Å². The van der Waals surface area contributed by atoms with E-state index in [-0.39, 0.29) is 36.1 Å². The minimum Gasteiger partial charge on any atom is -0.483 e. The average molecular weight is 553 g/mol. The summed E-state index contributed by atoms with van der Waals surface area (Å²) >= 11 is 0. The van der Waals surface area contributed by atoms with E-state index in [9.17, 15) is 14.7 Å². The molecule has 4 aromatic rings. The summed E-state index contributed by atoms with van der Waals surface area (Å²) in [4.78, 5) is 28.3. The van der Waals surface area contributed by atoms with Crippen LogP contribution in [0.3, 0.4) is 0 Å². The molecular weight excluding hydrogens is 520 g/mol. The predicted molar refractivity (Wildman–Crippen MR) is 153 cm³/mol. The summed E-state index contributed by atoms with van der Waals surface area (Å²) in [6, 6.07) is 29.6. The highest BCUT2D eigenvalue weighted by molar-refractivity contribution is 5.87. The van der Waals surface area contributed by atoms with Crippen LogP contribution in [0.4, 0.5) is 0 Å². The summed E-state index contributed by atoms with van der Waals surface area (Å²) < 4.78 is 19.7. The predicted octanol–water partition coefficient (Wildman–Crippen LogP) is 4.86. The summed E-state index contributed by atoms with van der Waals surface area (Å²) in [5.74, 6) is -1.41. The fraction of sp³-hybridized carbons (Fsp3) is 0.273. The Morgan fingerprint density at radius 2 is 1.59 bits per heavy atom. The average Bonchev–Trinajstić information content (AvgIpc) is 3.80. The van der Waals surface area contributed by atoms with Crippen LogP contribution in [-0.2, 0) is 16.1 Å². The number of benzene rings is 3. The molecule has 0 radical (unpaired) electrons. The molecule has 3 heterocycles. The fourth-order valence-corrected chi connectivity index (χ4v) is 5.86. The maximum atomic E-state index is 13.6.